The molecule has 1 atom stereocenters. The third-order valence-corrected chi connectivity index (χ3v) is 6.76. The molecule has 132 valence electrons. The summed E-state index contributed by atoms with van der Waals surface area (Å²) in [5, 5.41) is 13.1. The Morgan fingerprint density at radius 1 is 1.42 bits per heavy atom. The molecule has 1 aromatic heterocycles. The van der Waals surface area contributed by atoms with Gasteiger partial charge < -0.3 is 10.4 Å². The van der Waals surface area contributed by atoms with Crippen LogP contribution in [-0.2, 0) is 14.8 Å². The number of allylic oxidation sites excluding steroid dienone is 1. The summed E-state index contributed by atoms with van der Waals surface area (Å²) >= 11 is 0.990. The van der Waals surface area contributed by atoms with Crippen molar-refractivity contribution in [1.82, 2.24) is 9.62 Å². The highest BCUT2D eigenvalue weighted by Crippen LogP contribution is 2.27. The van der Waals surface area contributed by atoms with Gasteiger partial charge in [-0.25, -0.2) is 13.2 Å². The van der Waals surface area contributed by atoms with E-state index < -0.39 is 27.9 Å². The molecule has 0 aliphatic carbocycles. The number of carbonyl (C=O) groups excluding carboxylic acids is 1. The third kappa shape index (κ3) is 4.03. The van der Waals surface area contributed by atoms with Crippen LogP contribution < -0.4 is 5.32 Å². The predicted molar refractivity (Wildman–Crippen MR) is 90.6 cm³/mol. The fourth-order valence-electron chi connectivity index (χ4n) is 2.50. The monoisotopic (exact) mass is 372 g/mol. The zero-order chi connectivity index (χ0) is 17.7. The minimum atomic E-state index is -3.72. The molecule has 1 aromatic rings. The number of amides is 1. The standard InChI is InChI=1S/C15H20N2O5S2/c1-2-3-6-11(15(19)20)16-14(18)13-12(7-10-23-13)24(21,22)17-8-4-5-9-17/h2,7,10-11H,1,3-6,8-9H2,(H,16,18)(H,19,20). The Kier molecular flexibility index (Phi) is 6.14. The molecule has 2 N–H and O–H groups in total. The summed E-state index contributed by atoms with van der Waals surface area (Å²) in [6.07, 6.45) is 3.79. The Balaban J connectivity index is 2.20. The van der Waals surface area contributed by atoms with Gasteiger partial charge in [-0.1, -0.05) is 6.08 Å². The van der Waals surface area contributed by atoms with Crippen molar-refractivity contribution >= 4 is 33.2 Å². The van der Waals surface area contributed by atoms with Gasteiger partial charge in [0.05, 0.1) is 0 Å². The molecule has 7 nitrogen and oxygen atoms in total. The normalized spacial score (nSPS) is 16.7. The Bertz CT molecular complexity index is 720. The zero-order valence-electron chi connectivity index (χ0n) is 13.1. The lowest BCUT2D eigenvalue weighted by Crippen LogP contribution is -2.41. The van der Waals surface area contributed by atoms with Gasteiger partial charge in [0.2, 0.25) is 10.0 Å². The predicted octanol–water partition coefficient (Wildman–Crippen LogP) is 1.68. The second-order valence-electron chi connectivity index (χ2n) is 5.46. The van der Waals surface area contributed by atoms with E-state index >= 15 is 0 Å². The van der Waals surface area contributed by atoms with Crippen LogP contribution >= 0.6 is 11.3 Å². The largest absolute Gasteiger partial charge is 0.480 e. The first-order valence-corrected chi connectivity index (χ1v) is 9.92. The number of carboxylic acid groups (broad SMARTS) is 1. The van der Waals surface area contributed by atoms with Crippen molar-refractivity contribution in [2.24, 2.45) is 0 Å². The number of sulfonamides is 1. The molecule has 0 radical (unpaired) electrons. The van der Waals surface area contributed by atoms with E-state index in [1.807, 2.05) is 0 Å². The lowest BCUT2D eigenvalue weighted by molar-refractivity contribution is -0.139. The van der Waals surface area contributed by atoms with E-state index in [0.717, 1.165) is 24.2 Å². The van der Waals surface area contributed by atoms with Gasteiger partial charge >= 0.3 is 5.97 Å². The molecule has 9 heteroatoms. The molecular formula is C15H20N2O5S2. The second kappa shape index (κ2) is 7.91. The highest BCUT2D eigenvalue weighted by molar-refractivity contribution is 7.89. The quantitative estimate of drug-likeness (QED) is 0.676. The summed E-state index contributed by atoms with van der Waals surface area (Å²) in [6.45, 7) is 4.40. The molecule has 2 rings (SSSR count). The van der Waals surface area contributed by atoms with Crippen molar-refractivity contribution in [3.05, 3.63) is 29.0 Å². The summed E-state index contributed by atoms with van der Waals surface area (Å²) in [5.74, 6) is -1.84. The Labute approximate surface area is 145 Å². The van der Waals surface area contributed by atoms with Gasteiger partial charge in [0.15, 0.2) is 0 Å². The smallest absolute Gasteiger partial charge is 0.326 e. The molecule has 0 saturated carbocycles. The molecule has 0 spiro atoms. The van der Waals surface area contributed by atoms with Crippen LogP contribution in [0.15, 0.2) is 29.0 Å². The first-order valence-electron chi connectivity index (χ1n) is 7.60. The summed E-state index contributed by atoms with van der Waals surface area (Å²) in [7, 11) is -3.72. The number of thiophene rings is 1. The SMILES string of the molecule is C=CCCC(NC(=O)c1sccc1S(=O)(=O)N1CCCC1)C(=O)O. The first-order chi connectivity index (χ1) is 11.4. The lowest BCUT2D eigenvalue weighted by atomic mass is 10.1. The molecule has 1 saturated heterocycles. The molecule has 1 unspecified atom stereocenters. The number of rotatable bonds is 8. The van der Waals surface area contributed by atoms with Crippen LogP contribution in [-0.4, -0.2) is 48.8 Å². The summed E-state index contributed by atoms with van der Waals surface area (Å²) in [4.78, 5) is 23.6. The van der Waals surface area contributed by atoms with Crippen molar-refractivity contribution in [2.75, 3.05) is 13.1 Å². The Hall–Kier alpha value is -1.71. The van der Waals surface area contributed by atoms with Crippen molar-refractivity contribution in [2.45, 2.75) is 36.6 Å². The molecule has 24 heavy (non-hydrogen) atoms. The van der Waals surface area contributed by atoms with Gasteiger partial charge in [-0.3, -0.25) is 4.79 Å². The highest BCUT2D eigenvalue weighted by Gasteiger charge is 2.32. The van der Waals surface area contributed by atoms with E-state index in [0.29, 0.717) is 19.5 Å². The van der Waals surface area contributed by atoms with E-state index in [-0.39, 0.29) is 16.2 Å². The van der Waals surface area contributed by atoms with Crippen LogP contribution in [0.2, 0.25) is 0 Å². The molecule has 0 bridgehead atoms. The summed E-state index contributed by atoms with van der Waals surface area (Å²) < 4.78 is 26.6. The maximum absolute atomic E-state index is 12.6. The zero-order valence-corrected chi connectivity index (χ0v) is 14.7. The number of carboxylic acids is 1. The van der Waals surface area contributed by atoms with Gasteiger partial charge in [-0.05, 0) is 37.1 Å². The molecule has 1 aliphatic heterocycles. The minimum Gasteiger partial charge on any atom is -0.480 e. The van der Waals surface area contributed by atoms with E-state index in [1.54, 1.807) is 6.08 Å². The average Bonchev–Trinajstić information content (AvgIpc) is 3.22. The number of carbonyl (C=O) groups is 2. The number of hydrogen-bond donors (Lipinski definition) is 2. The van der Waals surface area contributed by atoms with Crippen molar-refractivity contribution in [3.8, 4) is 0 Å². The highest BCUT2D eigenvalue weighted by atomic mass is 32.2. The van der Waals surface area contributed by atoms with Crippen LogP contribution in [0.25, 0.3) is 0 Å². The lowest BCUT2D eigenvalue weighted by Gasteiger charge is -2.17. The molecular weight excluding hydrogens is 352 g/mol. The van der Waals surface area contributed by atoms with Crippen molar-refractivity contribution < 1.29 is 23.1 Å². The summed E-state index contributed by atoms with van der Waals surface area (Å²) in [6, 6.07) is 0.312. The number of hydrogen-bond acceptors (Lipinski definition) is 5. The summed E-state index contributed by atoms with van der Waals surface area (Å²) in [5.41, 5.74) is 0. The maximum atomic E-state index is 12.6. The minimum absolute atomic E-state index is 0.0201. The van der Waals surface area contributed by atoms with Crippen molar-refractivity contribution in [1.29, 1.82) is 0 Å². The number of nitrogens with zero attached hydrogens (tertiary/aromatic N) is 1. The van der Waals surface area contributed by atoms with Gasteiger partial charge in [0.1, 0.15) is 15.8 Å². The van der Waals surface area contributed by atoms with E-state index in [2.05, 4.69) is 11.9 Å². The molecule has 1 fully saturated rings. The molecule has 1 amide bonds. The van der Waals surface area contributed by atoms with Gasteiger partial charge in [0, 0.05) is 13.1 Å². The second-order valence-corrected chi connectivity index (χ2v) is 8.28. The number of nitrogens with one attached hydrogen (secondary N) is 1. The molecule has 0 aromatic carbocycles. The van der Waals surface area contributed by atoms with Gasteiger partial charge in [-0.15, -0.1) is 17.9 Å². The van der Waals surface area contributed by atoms with E-state index in [1.165, 1.54) is 15.8 Å². The fourth-order valence-corrected chi connectivity index (χ4v) is 5.32. The molecule has 2 heterocycles. The van der Waals surface area contributed by atoms with Gasteiger partial charge in [0.25, 0.3) is 5.91 Å². The third-order valence-electron chi connectivity index (χ3n) is 3.78. The Morgan fingerprint density at radius 3 is 2.67 bits per heavy atom. The first kappa shape index (κ1) is 18.6. The van der Waals surface area contributed by atoms with E-state index in [9.17, 15) is 23.1 Å². The topological polar surface area (TPSA) is 104 Å². The Morgan fingerprint density at radius 2 is 2.08 bits per heavy atom. The maximum Gasteiger partial charge on any atom is 0.326 e. The van der Waals surface area contributed by atoms with Crippen LogP contribution in [0.3, 0.4) is 0 Å². The van der Waals surface area contributed by atoms with Crippen molar-refractivity contribution in [3.63, 3.8) is 0 Å². The van der Waals surface area contributed by atoms with Crippen LogP contribution in [0.1, 0.15) is 35.4 Å². The van der Waals surface area contributed by atoms with Crippen LogP contribution in [0, 0.1) is 0 Å². The number of aliphatic carboxylic acids is 1. The van der Waals surface area contributed by atoms with Crippen LogP contribution in [0.4, 0.5) is 0 Å². The van der Waals surface area contributed by atoms with E-state index in [4.69, 9.17) is 0 Å². The average molecular weight is 372 g/mol. The molecule has 1 aliphatic rings. The van der Waals surface area contributed by atoms with Gasteiger partial charge in [-0.2, -0.15) is 4.31 Å². The van der Waals surface area contributed by atoms with Crippen LogP contribution in [0.5, 0.6) is 0 Å². The fraction of sp³-hybridized carbons (Fsp3) is 0.467.